The third-order valence-corrected chi connectivity index (χ3v) is 0.707. The Morgan fingerprint density at radius 3 is 1.12 bits per heavy atom. The lowest BCUT2D eigenvalue weighted by Gasteiger charge is -1.68. The van der Waals surface area contributed by atoms with Gasteiger partial charge in [-0.1, -0.05) is 24.4 Å². The molecule has 2 N–H and O–H groups in total. The van der Waals surface area contributed by atoms with Crippen LogP contribution in [-0.4, -0.2) is 25.1 Å². The fourth-order valence-corrected chi connectivity index (χ4v) is 0. The van der Waals surface area contributed by atoms with Crippen LogP contribution in [0.4, 0.5) is 0 Å². The molecule has 0 unspecified atom stereocenters. The van der Waals surface area contributed by atoms with Gasteiger partial charge in [0.2, 0.25) is 0 Å². The molecule has 0 aliphatic rings. The minimum absolute atomic E-state index is 1.46. The summed E-state index contributed by atoms with van der Waals surface area (Å²) < 4.78 is 0. The van der Waals surface area contributed by atoms with Crippen LogP contribution < -0.4 is 10.6 Å². The Bertz CT molecular complexity index is 48.0. The Labute approximate surface area is 60.7 Å². The summed E-state index contributed by atoms with van der Waals surface area (Å²) in [5.74, 6) is 0. The predicted octanol–water partition coefficient (Wildman–Crippen LogP) is 0.326. The maximum absolute atomic E-state index is 4.32. The SMILES string of the molecule is CNC=S.CNC=S. The zero-order chi connectivity index (χ0) is 6.83. The van der Waals surface area contributed by atoms with Gasteiger partial charge in [0.05, 0.1) is 11.0 Å². The van der Waals surface area contributed by atoms with Gasteiger partial charge >= 0.3 is 0 Å². The summed E-state index contributed by atoms with van der Waals surface area (Å²) in [6.45, 7) is 0. The van der Waals surface area contributed by atoms with Crippen LogP contribution in [0.1, 0.15) is 0 Å². The zero-order valence-corrected chi connectivity index (χ0v) is 6.60. The molecule has 0 atom stereocenters. The normalized spacial score (nSPS) is 5.25. The first kappa shape index (κ1) is 10.7. The molecule has 0 aliphatic carbocycles. The average molecular weight is 150 g/mol. The molecule has 4 heteroatoms. The molecule has 0 radical (unpaired) electrons. The molecule has 0 amide bonds. The van der Waals surface area contributed by atoms with Gasteiger partial charge in [0.1, 0.15) is 0 Å². The highest BCUT2D eigenvalue weighted by atomic mass is 32.1. The van der Waals surface area contributed by atoms with Crippen LogP contribution >= 0.6 is 24.4 Å². The molecule has 0 aromatic carbocycles. The number of nitrogens with one attached hydrogen (secondary N) is 2. The van der Waals surface area contributed by atoms with Gasteiger partial charge in [0.25, 0.3) is 0 Å². The summed E-state index contributed by atoms with van der Waals surface area (Å²) in [6, 6.07) is 0. The maximum Gasteiger partial charge on any atom is 0.0612 e. The third-order valence-electron chi connectivity index (χ3n) is 0.236. The smallest absolute Gasteiger partial charge is 0.0612 e. The van der Waals surface area contributed by atoms with Gasteiger partial charge in [-0.15, -0.1) is 0 Å². The van der Waals surface area contributed by atoms with Crippen molar-refractivity contribution in [1.82, 2.24) is 10.6 Å². The third kappa shape index (κ3) is 41.7. The first-order chi connectivity index (χ1) is 3.83. The van der Waals surface area contributed by atoms with Crippen molar-refractivity contribution in [2.24, 2.45) is 0 Å². The van der Waals surface area contributed by atoms with E-state index in [9.17, 15) is 0 Å². The largest absolute Gasteiger partial charge is 0.385 e. The van der Waals surface area contributed by atoms with Crippen molar-refractivity contribution in [3.8, 4) is 0 Å². The summed E-state index contributed by atoms with van der Waals surface area (Å²) in [5, 5.41) is 5.24. The van der Waals surface area contributed by atoms with Crippen LogP contribution in [0.3, 0.4) is 0 Å². The van der Waals surface area contributed by atoms with Crippen molar-refractivity contribution >= 4 is 35.4 Å². The van der Waals surface area contributed by atoms with Crippen LogP contribution in [0.25, 0.3) is 0 Å². The fourth-order valence-electron chi connectivity index (χ4n) is 0. The molecule has 8 heavy (non-hydrogen) atoms. The van der Waals surface area contributed by atoms with Crippen molar-refractivity contribution in [3.05, 3.63) is 0 Å². The number of hydrogen-bond acceptors (Lipinski definition) is 2. The summed E-state index contributed by atoms with van der Waals surface area (Å²) in [6.07, 6.45) is 0. The second-order valence-corrected chi connectivity index (χ2v) is 1.28. The molecule has 0 saturated carbocycles. The molecule has 0 fully saturated rings. The molecular formula is C4H10N2S2. The van der Waals surface area contributed by atoms with Gasteiger partial charge in [0, 0.05) is 14.1 Å². The lowest BCUT2D eigenvalue weighted by Crippen LogP contribution is -1.95. The molecule has 48 valence electrons. The first-order valence-corrected chi connectivity index (χ1v) is 2.99. The zero-order valence-electron chi connectivity index (χ0n) is 4.97. The Balaban J connectivity index is 0. The number of hydrogen-bond donors (Lipinski definition) is 2. The van der Waals surface area contributed by atoms with Crippen LogP contribution in [0.2, 0.25) is 0 Å². The standard InChI is InChI=1S/2C2H5NS/c2*1-3-2-4/h2*2H,1H3,(H,3,4). The Morgan fingerprint density at radius 1 is 1.00 bits per heavy atom. The van der Waals surface area contributed by atoms with Gasteiger partial charge < -0.3 is 10.6 Å². The Hall–Kier alpha value is -0.220. The van der Waals surface area contributed by atoms with E-state index in [4.69, 9.17) is 0 Å². The molecule has 0 heterocycles. The highest BCUT2D eigenvalue weighted by Crippen LogP contribution is 1.28. The topological polar surface area (TPSA) is 24.1 Å². The lowest BCUT2D eigenvalue weighted by molar-refractivity contribution is 1.24. The molecule has 0 rings (SSSR count). The monoisotopic (exact) mass is 150 g/mol. The van der Waals surface area contributed by atoms with Gasteiger partial charge in [0.15, 0.2) is 0 Å². The van der Waals surface area contributed by atoms with E-state index in [-0.39, 0.29) is 0 Å². The molecule has 0 aliphatic heterocycles. The molecule has 0 aromatic heterocycles. The molecular weight excluding hydrogens is 140 g/mol. The highest BCUT2D eigenvalue weighted by molar-refractivity contribution is 7.79. The quantitative estimate of drug-likeness (QED) is 0.554. The predicted molar refractivity (Wildman–Crippen MR) is 45.4 cm³/mol. The van der Waals surface area contributed by atoms with E-state index in [0.717, 1.165) is 0 Å². The summed E-state index contributed by atoms with van der Waals surface area (Å²) in [5.41, 5.74) is 2.92. The van der Waals surface area contributed by atoms with E-state index in [2.05, 4.69) is 35.1 Å². The van der Waals surface area contributed by atoms with Crippen molar-refractivity contribution < 1.29 is 0 Å². The van der Waals surface area contributed by atoms with E-state index in [1.54, 1.807) is 14.1 Å². The molecule has 0 bridgehead atoms. The lowest BCUT2D eigenvalue weighted by atomic mass is 11.3. The van der Waals surface area contributed by atoms with E-state index >= 15 is 0 Å². The summed E-state index contributed by atoms with van der Waals surface area (Å²) in [4.78, 5) is 0. The van der Waals surface area contributed by atoms with Crippen molar-refractivity contribution in [1.29, 1.82) is 0 Å². The van der Waals surface area contributed by atoms with Crippen molar-refractivity contribution in [2.45, 2.75) is 0 Å². The Kier molecular flexibility index (Phi) is 21.2. The summed E-state index contributed by atoms with van der Waals surface area (Å²) in [7, 11) is 3.54. The molecule has 0 aromatic rings. The van der Waals surface area contributed by atoms with Gasteiger partial charge in [-0.25, -0.2) is 0 Å². The summed E-state index contributed by atoms with van der Waals surface area (Å²) >= 11 is 8.63. The van der Waals surface area contributed by atoms with Crippen LogP contribution in [-0.2, 0) is 0 Å². The van der Waals surface area contributed by atoms with Crippen LogP contribution in [0.15, 0.2) is 0 Å². The fraction of sp³-hybridized carbons (Fsp3) is 0.500. The molecule has 2 nitrogen and oxygen atoms in total. The highest BCUT2D eigenvalue weighted by Gasteiger charge is 1.38. The first-order valence-electron chi connectivity index (χ1n) is 2.05. The van der Waals surface area contributed by atoms with E-state index in [0.29, 0.717) is 0 Å². The molecule has 0 spiro atoms. The number of rotatable bonds is 2. The van der Waals surface area contributed by atoms with Crippen molar-refractivity contribution in [2.75, 3.05) is 14.1 Å². The van der Waals surface area contributed by atoms with E-state index in [1.807, 2.05) is 0 Å². The van der Waals surface area contributed by atoms with Gasteiger partial charge in [-0.05, 0) is 0 Å². The van der Waals surface area contributed by atoms with Crippen LogP contribution in [0, 0.1) is 0 Å². The minimum Gasteiger partial charge on any atom is -0.385 e. The van der Waals surface area contributed by atoms with Crippen molar-refractivity contribution in [3.63, 3.8) is 0 Å². The second kappa shape index (κ2) is 15.9. The second-order valence-electron chi connectivity index (χ2n) is 0.813. The van der Waals surface area contributed by atoms with Crippen LogP contribution in [0.5, 0.6) is 0 Å². The van der Waals surface area contributed by atoms with E-state index in [1.165, 1.54) is 11.0 Å². The minimum atomic E-state index is 1.46. The van der Waals surface area contributed by atoms with Gasteiger partial charge in [-0.3, -0.25) is 0 Å². The Morgan fingerprint density at radius 2 is 1.12 bits per heavy atom. The van der Waals surface area contributed by atoms with E-state index < -0.39 is 0 Å². The number of thiocarbonyl (C=S) groups is 2. The average Bonchev–Trinajstić information content (AvgIpc) is 1.88. The molecule has 0 saturated heterocycles. The van der Waals surface area contributed by atoms with Gasteiger partial charge in [-0.2, -0.15) is 0 Å². The maximum atomic E-state index is 4.32.